The third kappa shape index (κ3) is 7.11. The molecule has 0 radical (unpaired) electrons. The first kappa shape index (κ1) is 36.3. The van der Waals surface area contributed by atoms with E-state index in [1.165, 1.54) is 37.6 Å². The maximum atomic E-state index is 13.3. The van der Waals surface area contributed by atoms with Gasteiger partial charge in [-0.3, -0.25) is 0 Å². The summed E-state index contributed by atoms with van der Waals surface area (Å²) in [5, 5.41) is -7.38. The lowest BCUT2D eigenvalue weighted by Gasteiger charge is -2.40. The van der Waals surface area contributed by atoms with Crippen molar-refractivity contribution in [1.29, 1.82) is 0 Å². The Kier molecular flexibility index (Phi) is 13.0. The Bertz CT molecular complexity index is 725. The second-order valence-electron chi connectivity index (χ2n) is 7.89. The zero-order valence-corrected chi connectivity index (χ0v) is 20.8. The van der Waals surface area contributed by atoms with Crippen LogP contribution in [0, 0.1) is 0 Å². The minimum Gasteiger partial charge on any atom is -0.743 e. The third-order valence-electron chi connectivity index (χ3n) is 6.02. The van der Waals surface area contributed by atoms with E-state index in [-0.39, 0.29) is 12.8 Å². The highest BCUT2D eigenvalue weighted by molar-refractivity contribution is 7.86. The van der Waals surface area contributed by atoms with E-state index in [1.54, 1.807) is 0 Å². The van der Waals surface area contributed by atoms with Crippen LogP contribution in [-0.2, 0) is 10.1 Å². The highest BCUT2D eigenvalue weighted by Crippen LogP contribution is 2.59. The molecule has 35 heavy (non-hydrogen) atoms. The van der Waals surface area contributed by atoms with Gasteiger partial charge in [0, 0.05) is 0 Å². The first-order valence-electron chi connectivity index (χ1n) is 10.8. The fraction of sp³-hybridized carbons (Fsp3) is 1.00. The maximum Gasteiger partial charge on any atom is 0.402 e. The van der Waals surface area contributed by atoms with Crippen molar-refractivity contribution >= 4 is 10.1 Å². The molecule has 0 amide bonds. The van der Waals surface area contributed by atoms with E-state index in [0.717, 1.165) is 0 Å². The minimum absolute atomic E-state index is 0.0267. The molecule has 0 aromatic carbocycles. The number of unbranched alkanes of at least 4 members (excludes halogenated alkanes) is 2. The highest BCUT2D eigenvalue weighted by atomic mass is 32.2. The largest absolute Gasteiger partial charge is 0.743 e. The van der Waals surface area contributed by atoms with Gasteiger partial charge in [0.05, 0.1) is 26.2 Å². The molecule has 0 saturated carbocycles. The van der Waals surface area contributed by atoms with Crippen LogP contribution in [-0.4, -0.2) is 78.7 Å². The average Bonchev–Trinajstić information content (AvgIpc) is 2.75. The smallest absolute Gasteiger partial charge is 0.402 e. The normalized spacial score (nSPS) is 15.5. The molecule has 0 aliphatic heterocycles. The predicted octanol–water partition coefficient (Wildman–Crippen LogP) is 6.47. The number of quaternary nitrogens is 1. The van der Waals surface area contributed by atoms with Crippen molar-refractivity contribution in [2.45, 2.75) is 95.4 Å². The summed E-state index contributed by atoms with van der Waals surface area (Å²) in [6.07, 6.45) is -5.95. The van der Waals surface area contributed by atoms with Crippen LogP contribution in [0.5, 0.6) is 0 Å². The summed E-state index contributed by atoms with van der Waals surface area (Å²) in [6, 6.07) is 0. The van der Waals surface area contributed by atoms with E-state index in [0.29, 0.717) is 0 Å². The molecule has 16 heteroatoms. The zero-order chi connectivity index (χ0) is 28.7. The Balaban J connectivity index is 0. The fourth-order valence-electron chi connectivity index (χ4n) is 3.04. The average molecular weight is 564 g/mol. The summed E-state index contributed by atoms with van der Waals surface area (Å²) in [5.74, 6) is -29.6. The number of hydrogen-bond acceptors (Lipinski definition) is 3. The van der Waals surface area contributed by atoms with E-state index >= 15 is 0 Å². The molecule has 1 unspecified atom stereocenters. The van der Waals surface area contributed by atoms with Crippen LogP contribution in [0.2, 0.25) is 0 Å². The third-order valence-corrected chi connectivity index (χ3v) is 6.91. The monoisotopic (exact) mass is 563 g/mol. The molecule has 0 aliphatic carbocycles. The molecular formula is C19H32F11NO3S. The van der Waals surface area contributed by atoms with Crippen LogP contribution >= 0.6 is 0 Å². The maximum absolute atomic E-state index is 13.3. The van der Waals surface area contributed by atoms with Gasteiger partial charge in [-0.05, 0) is 34.1 Å². The topological polar surface area (TPSA) is 57.2 Å². The van der Waals surface area contributed by atoms with E-state index in [4.69, 9.17) is 0 Å². The van der Waals surface area contributed by atoms with Crippen LogP contribution in [0.1, 0.15) is 60.3 Å². The summed E-state index contributed by atoms with van der Waals surface area (Å²) >= 11 is 0. The van der Waals surface area contributed by atoms with Crippen molar-refractivity contribution in [2.24, 2.45) is 0 Å². The highest BCUT2D eigenvalue weighted by Gasteiger charge is 2.88. The van der Waals surface area contributed by atoms with Gasteiger partial charge in [-0.2, -0.15) is 43.9 Å². The molecule has 0 aromatic rings. The molecule has 0 fully saturated rings. The van der Waals surface area contributed by atoms with Crippen molar-refractivity contribution in [2.75, 3.05) is 26.2 Å². The lowest BCUT2D eigenvalue weighted by molar-refractivity contribution is -0.921. The van der Waals surface area contributed by atoms with Gasteiger partial charge < -0.3 is 9.04 Å². The van der Waals surface area contributed by atoms with Crippen molar-refractivity contribution in [3.63, 3.8) is 0 Å². The summed E-state index contributed by atoms with van der Waals surface area (Å²) in [7, 11) is -7.67. The molecule has 0 bridgehead atoms. The molecule has 0 aromatic heterocycles. The molecule has 1 atom stereocenters. The SMILES string of the molecule is CCCCCC(F)C(F)(F)C(F)(F)C(F)(F)C(F)(F)C(F)(F)S(=O)(=O)[O-].CC[N+](CC)(CC)CC. The van der Waals surface area contributed by atoms with Gasteiger partial charge >= 0.3 is 28.9 Å². The van der Waals surface area contributed by atoms with Crippen molar-refractivity contribution in [3.8, 4) is 0 Å². The van der Waals surface area contributed by atoms with Gasteiger partial charge in [-0.1, -0.05) is 26.2 Å². The lowest BCUT2D eigenvalue weighted by atomic mass is 9.93. The van der Waals surface area contributed by atoms with Crippen LogP contribution < -0.4 is 0 Å². The second-order valence-corrected chi connectivity index (χ2v) is 9.31. The molecule has 0 spiro atoms. The Labute approximate surface area is 198 Å². The predicted molar refractivity (Wildman–Crippen MR) is 106 cm³/mol. The molecule has 0 N–H and O–H groups in total. The van der Waals surface area contributed by atoms with E-state index in [1.807, 2.05) is 0 Å². The lowest BCUT2D eigenvalue weighted by Crippen LogP contribution is -2.70. The van der Waals surface area contributed by atoms with Crippen molar-refractivity contribution < 1.29 is 65.7 Å². The molecule has 0 aliphatic rings. The van der Waals surface area contributed by atoms with Gasteiger partial charge in [0.1, 0.15) is 0 Å². The molecule has 214 valence electrons. The number of hydrogen-bond donors (Lipinski definition) is 0. The van der Waals surface area contributed by atoms with Crippen LogP contribution in [0.25, 0.3) is 0 Å². The Morgan fingerprint density at radius 1 is 0.686 bits per heavy atom. The van der Waals surface area contributed by atoms with Gasteiger partial charge in [-0.15, -0.1) is 0 Å². The van der Waals surface area contributed by atoms with Gasteiger partial charge in [-0.25, -0.2) is 12.8 Å². The van der Waals surface area contributed by atoms with Crippen molar-refractivity contribution in [3.05, 3.63) is 0 Å². The number of rotatable bonds is 14. The quantitative estimate of drug-likeness (QED) is 0.105. The van der Waals surface area contributed by atoms with Gasteiger partial charge in [0.15, 0.2) is 16.3 Å². The first-order chi connectivity index (χ1) is 15.5. The van der Waals surface area contributed by atoms with E-state index in [9.17, 15) is 61.3 Å². The number of alkyl halides is 11. The van der Waals surface area contributed by atoms with Crippen molar-refractivity contribution in [1.82, 2.24) is 0 Å². The molecule has 0 heterocycles. The van der Waals surface area contributed by atoms with Gasteiger partial charge in [0.25, 0.3) is 0 Å². The number of halogens is 11. The summed E-state index contributed by atoms with van der Waals surface area (Å²) in [4.78, 5) is 0. The number of nitrogens with zero attached hydrogens (tertiary/aromatic N) is 1. The Morgan fingerprint density at radius 2 is 1.06 bits per heavy atom. The first-order valence-corrected chi connectivity index (χ1v) is 12.2. The van der Waals surface area contributed by atoms with Crippen LogP contribution in [0.15, 0.2) is 0 Å². The molecule has 4 nitrogen and oxygen atoms in total. The zero-order valence-electron chi connectivity index (χ0n) is 20.0. The van der Waals surface area contributed by atoms with E-state index < -0.39 is 58.1 Å². The summed E-state index contributed by atoms with van der Waals surface area (Å²) in [6.45, 7) is 15.7. The van der Waals surface area contributed by atoms with Crippen LogP contribution in [0.4, 0.5) is 48.3 Å². The minimum atomic E-state index is -7.79. The Hall–Kier alpha value is -0.900. The van der Waals surface area contributed by atoms with Gasteiger partial charge in [0.2, 0.25) is 0 Å². The molecule has 0 rings (SSSR count). The molecule has 0 saturated heterocycles. The summed E-state index contributed by atoms with van der Waals surface area (Å²) < 4.78 is 176. The van der Waals surface area contributed by atoms with E-state index in [2.05, 4.69) is 27.7 Å². The summed E-state index contributed by atoms with van der Waals surface area (Å²) in [5.41, 5.74) is 0. The van der Waals surface area contributed by atoms with Crippen LogP contribution in [0.3, 0.4) is 0 Å². The second kappa shape index (κ2) is 12.6. The standard InChI is InChI=1S/C11H13F11O3S.C8H20N/c1-2-3-4-5-6(12)7(13,14)8(15,16)9(17,18)10(19,20)11(21,22)26(23,24)25;1-5-9(6-2,7-3)8-4/h6H,2-5H2,1H3,(H,23,24,25);5-8H2,1-4H3/q;+1/p-1. The Morgan fingerprint density at radius 3 is 1.31 bits per heavy atom. The molecular weight excluding hydrogens is 531 g/mol. The fourth-order valence-corrected chi connectivity index (χ4v) is 3.48.